The van der Waals surface area contributed by atoms with Gasteiger partial charge in [-0.2, -0.15) is 4.99 Å². The number of benzene rings is 2. The first-order valence-corrected chi connectivity index (χ1v) is 12.3. The van der Waals surface area contributed by atoms with Crippen LogP contribution in [0.3, 0.4) is 0 Å². The van der Waals surface area contributed by atoms with Gasteiger partial charge in [0.05, 0.1) is 10.7 Å². The van der Waals surface area contributed by atoms with Crippen LogP contribution in [0.25, 0.3) is 0 Å². The zero-order valence-corrected chi connectivity index (χ0v) is 20.9. The molecule has 1 aliphatic rings. The lowest BCUT2D eigenvalue weighted by Crippen LogP contribution is -2.17. The number of ether oxygens (including phenoxy) is 1. The smallest absolute Gasteiger partial charge is 0.191 e. The molecule has 1 unspecified atom stereocenters. The Hall–Kier alpha value is -3.60. The van der Waals surface area contributed by atoms with Gasteiger partial charge in [0.1, 0.15) is 12.3 Å². The largest absolute Gasteiger partial charge is 0.479 e. The number of rotatable bonds is 7. The molecule has 0 saturated heterocycles. The average Bonchev–Trinajstić information content (AvgIpc) is 2.88. The normalized spacial score (nSPS) is 14.2. The van der Waals surface area contributed by atoms with E-state index < -0.39 is 34.7 Å². The highest BCUT2D eigenvalue weighted by Crippen LogP contribution is 2.36. The fourth-order valence-electron chi connectivity index (χ4n) is 4.34. The molecule has 0 spiro atoms. The third kappa shape index (κ3) is 6.40. The van der Waals surface area contributed by atoms with Gasteiger partial charge < -0.3 is 4.74 Å². The van der Waals surface area contributed by atoms with Gasteiger partial charge in [0.25, 0.3) is 0 Å². The van der Waals surface area contributed by atoms with Gasteiger partial charge in [-0.3, -0.25) is 0 Å². The van der Waals surface area contributed by atoms with Gasteiger partial charge in [0, 0.05) is 18.0 Å². The maximum Gasteiger partial charge on any atom is 0.191 e. The second-order valence-corrected chi connectivity index (χ2v) is 8.99. The van der Waals surface area contributed by atoms with Crippen molar-refractivity contribution in [3.05, 3.63) is 81.9 Å². The highest BCUT2D eigenvalue weighted by molar-refractivity contribution is 7.78. The molecule has 4 nitrogen and oxygen atoms in total. The Morgan fingerprint density at radius 2 is 1.73 bits per heavy atom. The fraction of sp³-hybridized carbons (Fsp3) is 0.321. The molecule has 0 amide bonds. The van der Waals surface area contributed by atoms with E-state index in [0.29, 0.717) is 29.9 Å². The molecule has 9 heteroatoms. The summed E-state index contributed by atoms with van der Waals surface area (Å²) < 4.78 is 63.0. The number of aliphatic imine (C=N–C) groups is 1. The van der Waals surface area contributed by atoms with E-state index in [1.807, 2.05) is 5.16 Å². The Morgan fingerprint density at radius 3 is 2.41 bits per heavy atom. The van der Waals surface area contributed by atoms with Crippen LogP contribution in [0.4, 0.5) is 23.2 Å². The van der Waals surface area contributed by atoms with Crippen molar-refractivity contribution in [3.8, 4) is 17.6 Å². The standard InChI is InChI=1S/C28H23F4N3OS/c1-2-3-4-17-7-8-21-20(9-17)12-24(31)28(26(21)32)36-15-25-33-13-19(14-34-25)6-5-18-10-22(29)27(35-16-37)23(30)11-18/h10-14,17H,2-4,7-9,15H2,1H3. The third-order valence-corrected chi connectivity index (χ3v) is 6.31. The fourth-order valence-corrected chi connectivity index (χ4v) is 4.43. The molecular weight excluding hydrogens is 502 g/mol. The minimum absolute atomic E-state index is 0.0840. The average molecular weight is 526 g/mol. The van der Waals surface area contributed by atoms with Gasteiger partial charge in [-0.1, -0.05) is 38.0 Å². The number of nitrogens with zero attached hydrogens (tertiary/aromatic N) is 3. The molecule has 1 atom stereocenters. The number of unbranched alkanes of at least 4 members (excludes halogenated alkanes) is 1. The minimum Gasteiger partial charge on any atom is -0.479 e. The maximum atomic E-state index is 15.1. The summed E-state index contributed by atoms with van der Waals surface area (Å²) in [6.07, 6.45) is 8.17. The molecule has 1 aromatic heterocycles. The van der Waals surface area contributed by atoms with E-state index in [0.717, 1.165) is 43.4 Å². The molecule has 0 N–H and O–H groups in total. The molecule has 1 aliphatic carbocycles. The highest BCUT2D eigenvalue weighted by Gasteiger charge is 2.26. The zero-order chi connectivity index (χ0) is 26.4. The lowest BCUT2D eigenvalue weighted by molar-refractivity contribution is 0.262. The Kier molecular flexibility index (Phi) is 8.65. The zero-order valence-electron chi connectivity index (χ0n) is 20.1. The van der Waals surface area contributed by atoms with E-state index in [1.54, 1.807) is 0 Å². The maximum absolute atomic E-state index is 15.1. The molecular formula is C28H23F4N3OS. The number of hydrogen-bond donors (Lipinski definition) is 0. The quantitative estimate of drug-likeness (QED) is 0.144. The first kappa shape index (κ1) is 26.5. The Bertz CT molecular complexity index is 1390. The summed E-state index contributed by atoms with van der Waals surface area (Å²) in [5, 5.41) is 1.92. The second-order valence-electron chi connectivity index (χ2n) is 8.81. The van der Waals surface area contributed by atoms with Crippen molar-refractivity contribution in [1.29, 1.82) is 0 Å². The van der Waals surface area contributed by atoms with Crippen molar-refractivity contribution in [3.63, 3.8) is 0 Å². The summed E-state index contributed by atoms with van der Waals surface area (Å²) in [6, 6.07) is 3.43. The van der Waals surface area contributed by atoms with Crippen LogP contribution in [0.1, 0.15) is 60.7 Å². The monoisotopic (exact) mass is 525 g/mol. The summed E-state index contributed by atoms with van der Waals surface area (Å²) in [5.74, 6) is 2.32. The van der Waals surface area contributed by atoms with Gasteiger partial charge >= 0.3 is 0 Å². The third-order valence-electron chi connectivity index (χ3n) is 6.22. The number of fused-ring (bicyclic) bond motifs is 1. The summed E-state index contributed by atoms with van der Waals surface area (Å²) in [5.41, 5.74) is 1.16. The lowest BCUT2D eigenvalue weighted by Gasteiger charge is -2.26. The molecule has 3 aromatic rings. The van der Waals surface area contributed by atoms with Gasteiger partial charge in [-0.25, -0.2) is 27.5 Å². The van der Waals surface area contributed by atoms with Gasteiger partial charge in [0.15, 0.2) is 34.8 Å². The van der Waals surface area contributed by atoms with Crippen LogP contribution in [0.5, 0.6) is 5.75 Å². The van der Waals surface area contributed by atoms with Crippen LogP contribution >= 0.6 is 12.2 Å². The summed E-state index contributed by atoms with van der Waals surface area (Å²) in [6.45, 7) is 1.90. The highest BCUT2D eigenvalue weighted by atomic mass is 32.1. The van der Waals surface area contributed by atoms with E-state index in [1.165, 1.54) is 18.5 Å². The summed E-state index contributed by atoms with van der Waals surface area (Å²) in [4.78, 5) is 11.5. The predicted molar refractivity (Wildman–Crippen MR) is 135 cm³/mol. The van der Waals surface area contributed by atoms with Crippen LogP contribution in [-0.4, -0.2) is 15.1 Å². The van der Waals surface area contributed by atoms with E-state index in [-0.39, 0.29) is 18.0 Å². The summed E-state index contributed by atoms with van der Waals surface area (Å²) >= 11 is 4.37. The molecule has 0 radical (unpaired) electrons. The second kappa shape index (κ2) is 12.1. The van der Waals surface area contributed by atoms with Crippen molar-refractivity contribution in [1.82, 2.24) is 9.97 Å². The molecule has 0 bridgehead atoms. The molecule has 1 heterocycles. The molecule has 2 aromatic carbocycles. The topological polar surface area (TPSA) is 47.4 Å². The lowest BCUT2D eigenvalue weighted by atomic mass is 9.81. The van der Waals surface area contributed by atoms with Crippen molar-refractivity contribution < 1.29 is 22.3 Å². The van der Waals surface area contributed by atoms with Gasteiger partial charge in [-0.15, -0.1) is 0 Å². The Morgan fingerprint density at radius 1 is 1.03 bits per heavy atom. The predicted octanol–water partition coefficient (Wildman–Crippen LogP) is 7.04. The van der Waals surface area contributed by atoms with Crippen LogP contribution in [0.15, 0.2) is 35.6 Å². The van der Waals surface area contributed by atoms with Crippen LogP contribution in [0.2, 0.25) is 0 Å². The molecule has 37 heavy (non-hydrogen) atoms. The van der Waals surface area contributed by atoms with Crippen molar-refractivity contribution in [2.45, 2.75) is 52.1 Å². The van der Waals surface area contributed by atoms with Crippen LogP contribution in [-0.2, 0) is 19.4 Å². The number of halogens is 4. The van der Waals surface area contributed by atoms with Gasteiger partial charge in [0.2, 0.25) is 0 Å². The van der Waals surface area contributed by atoms with Crippen molar-refractivity contribution in [2.75, 3.05) is 0 Å². The van der Waals surface area contributed by atoms with E-state index in [9.17, 15) is 13.2 Å². The minimum atomic E-state index is -0.914. The molecule has 0 aliphatic heterocycles. The Balaban J connectivity index is 1.42. The number of thiocarbonyl (C=S) groups is 1. The molecule has 190 valence electrons. The molecule has 0 saturated carbocycles. The molecule has 0 fully saturated rings. The van der Waals surface area contributed by atoms with Crippen molar-refractivity contribution >= 4 is 23.1 Å². The van der Waals surface area contributed by atoms with Gasteiger partial charge in [-0.05, 0) is 66.7 Å². The number of aromatic nitrogens is 2. The first-order valence-electron chi connectivity index (χ1n) is 11.9. The first-order chi connectivity index (χ1) is 17.9. The van der Waals surface area contributed by atoms with E-state index in [2.05, 4.69) is 45.9 Å². The van der Waals surface area contributed by atoms with Crippen LogP contribution < -0.4 is 4.74 Å². The van der Waals surface area contributed by atoms with E-state index in [4.69, 9.17) is 4.74 Å². The number of isothiocyanates is 1. The SMILES string of the molecule is CCCCC1CCc2c(cc(F)c(OCc3ncc(C#Cc4cc(F)c(N=C=S)c(F)c4)cn3)c2F)C1. The van der Waals surface area contributed by atoms with Crippen molar-refractivity contribution in [2.24, 2.45) is 10.9 Å². The number of hydrogen-bond acceptors (Lipinski definition) is 5. The summed E-state index contributed by atoms with van der Waals surface area (Å²) in [7, 11) is 0. The Labute approximate surface area is 217 Å². The van der Waals surface area contributed by atoms with E-state index >= 15 is 4.39 Å². The molecule has 4 rings (SSSR count). The van der Waals surface area contributed by atoms with Crippen LogP contribution in [0, 0.1) is 41.0 Å².